The van der Waals surface area contributed by atoms with Gasteiger partial charge in [-0.2, -0.15) is 8.62 Å². The van der Waals surface area contributed by atoms with Crippen LogP contribution in [0.3, 0.4) is 0 Å². The summed E-state index contributed by atoms with van der Waals surface area (Å²) in [4.78, 5) is 61.5. The highest BCUT2D eigenvalue weighted by Crippen LogP contribution is 2.66. The van der Waals surface area contributed by atoms with Gasteiger partial charge in [0.1, 0.15) is 18.3 Å². The van der Waals surface area contributed by atoms with Gasteiger partial charge in [0.15, 0.2) is 6.23 Å². The minimum absolute atomic E-state index is 0.0557. The monoisotopic (exact) mass is 539 g/mol. The molecule has 0 bridgehead atoms. The van der Waals surface area contributed by atoms with Crippen LogP contribution in [-0.4, -0.2) is 70.5 Å². The van der Waals surface area contributed by atoms with Crippen molar-refractivity contribution in [2.45, 2.75) is 37.4 Å². The zero-order chi connectivity index (χ0) is 25.2. The van der Waals surface area contributed by atoms with E-state index in [1.807, 2.05) is 4.98 Å². The van der Waals surface area contributed by atoms with E-state index in [2.05, 4.69) is 13.1 Å². The van der Waals surface area contributed by atoms with Crippen LogP contribution >= 0.6 is 23.5 Å². The molecule has 0 radical (unpaired) electrons. The maximum Gasteiger partial charge on any atom is 0.490 e. The highest BCUT2D eigenvalue weighted by molar-refractivity contribution is 7.66. The van der Waals surface area contributed by atoms with Crippen LogP contribution in [0.15, 0.2) is 15.8 Å². The van der Waals surface area contributed by atoms with E-state index >= 15 is 0 Å². The van der Waals surface area contributed by atoms with Crippen molar-refractivity contribution in [3.8, 4) is 0 Å². The molecule has 18 nitrogen and oxygen atoms in total. The van der Waals surface area contributed by atoms with Crippen LogP contribution in [-0.2, 0) is 38.0 Å². The van der Waals surface area contributed by atoms with Crippen molar-refractivity contribution in [3.63, 3.8) is 0 Å². The van der Waals surface area contributed by atoms with Crippen molar-refractivity contribution in [2.24, 2.45) is 0 Å². The fraction of sp³-hybridized carbons (Fsp3) is 0.583. The second kappa shape index (κ2) is 10.5. The quantitative estimate of drug-likeness (QED) is 0.112. The standard InChI is InChI=1S/C12H20N3O15P3/c13-3-1-2-6-4-15(12(19)14-10(6)18)11-9(17)8(16)7(28-11)5-27-32(23,24)30-33(25,26)29-31(20,21)22/h3-4,7-9,11,13,16-17H,1-2,5H2,(H,23,24)(H,25,26)(H,14,18,19)(H2,20,21,22)/t7-,8-,9-,11-/m1/s1. The van der Waals surface area contributed by atoms with Gasteiger partial charge >= 0.3 is 29.2 Å². The molecule has 0 aliphatic carbocycles. The van der Waals surface area contributed by atoms with E-state index in [-0.39, 0.29) is 18.4 Å². The summed E-state index contributed by atoms with van der Waals surface area (Å²) in [6.45, 7) is -1.07. The molecule has 33 heavy (non-hydrogen) atoms. The largest absolute Gasteiger partial charge is 0.490 e. The third-order valence-corrected chi connectivity index (χ3v) is 7.83. The Morgan fingerprint density at radius 3 is 2.30 bits per heavy atom. The summed E-state index contributed by atoms with van der Waals surface area (Å²) in [5.74, 6) is 0. The lowest BCUT2D eigenvalue weighted by Crippen LogP contribution is -2.39. The van der Waals surface area contributed by atoms with Crippen molar-refractivity contribution < 1.29 is 61.4 Å². The third kappa shape index (κ3) is 7.83. The number of phosphoric acid groups is 3. The zero-order valence-corrected chi connectivity index (χ0v) is 18.9. The smallest absolute Gasteiger partial charge is 0.387 e. The Bertz CT molecular complexity index is 1130. The van der Waals surface area contributed by atoms with Crippen LogP contribution in [0.4, 0.5) is 0 Å². The molecule has 8 N–H and O–H groups in total. The first-order valence-electron chi connectivity index (χ1n) is 8.68. The summed E-state index contributed by atoms with van der Waals surface area (Å²) in [6, 6.07) is 0. The molecule has 0 amide bonds. The molecule has 1 aromatic rings. The van der Waals surface area contributed by atoms with Crippen LogP contribution in [0.1, 0.15) is 18.2 Å². The summed E-state index contributed by atoms with van der Waals surface area (Å²) < 4.78 is 51.1. The number of aryl methyl sites for hydroxylation is 1. The molecule has 1 saturated heterocycles. The van der Waals surface area contributed by atoms with E-state index < -0.39 is 65.9 Å². The SMILES string of the molecule is N=CCCc1cn([C@@H]2O[C@H](COP(=O)(O)OP(=O)(O)OP(=O)(O)O)[C@@H](O)[C@H]2O)c(=O)[nH]c1=O. The van der Waals surface area contributed by atoms with Crippen LogP contribution < -0.4 is 11.2 Å². The highest BCUT2D eigenvalue weighted by atomic mass is 31.3. The molecule has 2 unspecified atom stereocenters. The molecular formula is C12H20N3O15P3. The number of aromatic nitrogens is 2. The lowest BCUT2D eigenvalue weighted by atomic mass is 10.1. The number of aromatic amines is 1. The molecule has 0 aromatic carbocycles. The molecule has 0 saturated carbocycles. The van der Waals surface area contributed by atoms with Crippen molar-refractivity contribution in [1.29, 1.82) is 5.41 Å². The lowest BCUT2D eigenvalue weighted by Gasteiger charge is -2.19. The minimum Gasteiger partial charge on any atom is -0.387 e. The normalized spacial score (nSPS) is 27.1. The Balaban J connectivity index is 2.13. The van der Waals surface area contributed by atoms with Crippen molar-refractivity contribution in [3.05, 3.63) is 32.6 Å². The minimum atomic E-state index is -5.76. The number of aliphatic hydroxyl groups is 2. The zero-order valence-electron chi connectivity index (χ0n) is 16.2. The molecule has 1 fully saturated rings. The van der Waals surface area contributed by atoms with Crippen LogP contribution in [0, 0.1) is 5.41 Å². The van der Waals surface area contributed by atoms with Crippen LogP contribution in [0.25, 0.3) is 0 Å². The Morgan fingerprint density at radius 2 is 1.73 bits per heavy atom. The number of ether oxygens (including phenoxy) is 1. The maximum atomic E-state index is 12.1. The van der Waals surface area contributed by atoms with Gasteiger partial charge < -0.3 is 39.9 Å². The number of hydrogen-bond acceptors (Lipinski definition) is 12. The number of nitrogens with one attached hydrogen (secondary N) is 2. The average molecular weight is 539 g/mol. The third-order valence-electron chi connectivity index (χ3n) is 4.03. The number of hydrogen-bond donors (Lipinski definition) is 8. The summed E-state index contributed by atoms with van der Waals surface area (Å²) in [5.41, 5.74) is -1.71. The van der Waals surface area contributed by atoms with E-state index in [0.29, 0.717) is 0 Å². The number of rotatable bonds is 11. The Labute approximate surface area is 183 Å². The molecule has 1 aliphatic heterocycles. The molecular weight excluding hydrogens is 519 g/mol. The molecule has 188 valence electrons. The summed E-state index contributed by atoms with van der Waals surface area (Å²) in [6.07, 6.45) is -4.55. The van der Waals surface area contributed by atoms with Crippen LogP contribution in [0.2, 0.25) is 0 Å². The Hall–Kier alpha value is -1.36. The van der Waals surface area contributed by atoms with Crippen molar-refractivity contribution in [1.82, 2.24) is 9.55 Å². The van der Waals surface area contributed by atoms with Gasteiger partial charge in [-0.25, -0.2) is 18.5 Å². The van der Waals surface area contributed by atoms with Crippen LogP contribution in [0.5, 0.6) is 0 Å². The molecule has 21 heteroatoms. The number of phosphoric ester groups is 1. The highest BCUT2D eigenvalue weighted by Gasteiger charge is 2.46. The Kier molecular flexibility index (Phi) is 8.87. The van der Waals surface area contributed by atoms with Gasteiger partial charge in [0, 0.05) is 11.8 Å². The molecule has 6 atom stereocenters. The van der Waals surface area contributed by atoms with Gasteiger partial charge in [-0.15, -0.1) is 0 Å². The number of nitrogens with zero attached hydrogens (tertiary/aromatic N) is 1. The second-order valence-corrected chi connectivity index (χ2v) is 10.9. The second-order valence-electron chi connectivity index (χ2n) is 6.50. The first kappa shape index (κ1) is 27.9. The summed E-state index contributed by atoms with van der Waals surface area (Å²) >= 11 is 0. The summed E-state index contributed by atoms with van der Waals surface area (Å²) in [7, 11) is -16.9. The topological polar surface area (TPSA) is 288 Å². The molecule has 1 aromatic heterocycles. The fourth-order valence-corrected chi connectivity index (χ4v) is 5.72. The van der Waals surface area contributed by atoms with Gasteiger partial charge in [0.2, 0.25) is 0 Å². The Morgan fingerprint density at radius 1 is 1.09 bits per heavy atom. The van der Waals surface area contributed by atoms with Crippen molar-refractivity contribution >= 4 is 29.7 Å². The molecule has 2 rings (SSSR count). The molecule has 0 spiro atoms. The van der Waals surface area contributed by atoms with Gasteiger partial charge in [-0.05, 0) is 19.1 Å². The first-order valence-corrected chi connectivity index (χ1v) is 13.2. The molecule has 2 heterocycles. The lowest BCUT2D eigenvalue weighted by molar-refractivity contribution is -0.0543. The van der Waals surface area contributed by atoms with Gasteiger partial charge in [0.25, 0.3) is 5.56 Å². The predicted octanol–water partition coefficient (Wildman–Crippen LogP) is -1.92. The fourth-order valence-electron chi connectivity index (χ4n) is 2.69. The van der Waals surface area contributed by atoms with Gasteiger partial charge in [0.05, 0.1) is 6.61 Å². The molecule has 1 aliphatic rings. The predicted molar refractivity (Wildman–Crippen MR) is 104 cm³/mol. The van der Waals surface area contributed by atoms with E-state index in [9.17, 15) is 38.4 Å². The first-order chi connectivity index (χ1) is 15.1. The number of H-pyrrole nitrogens is 1. The van der Waals surface area contributed by atoms with E-state index in [4.69, 9.17) is 24.8 Å². The average Bonchev–Trinajstić information content (AvgIpc) is 2.91. The van der Waals surface area contributed by atoms with Gasteiger partial charge in [-0.1, -0.05) is 0 Å². The van der Waals surface area contributed by atoms with E-state index in [1.165, 1.54) is 0 Å². The summed E-state index contributed by atoms with van der Waals surface area (Å²) in [5, 5.41) is 27.3. The van der Waals surface area contributed by atoms with E-state index in [1.54, 1.807) is 0 Å². The number of aliphatic hydroxyl groups excluding tert-OH is 2. The van der Waals surface area contributed by atoms with Gasteiger partial charge in [-0.3, -0.25) is 18.9 Å². The van der Waals surface area contributed by atoms with E-state index in [0.717, 1.165) is 17.0 Å². The van der Waals surface area contributed by atoms with Crippen molar-refractivity contribution in [2.75, 3.05) is 6.61 Å². The maximum absolute atomic E-state index is 12.1.